The second kappa shape index (κ2) is 8.96. The third kappa shape index (κ3) is 3.57. The molecule has 0 N–H and O–H groups in total. The first-order valence-corrected chi connectivity index (χ1v) is 22.4. The van der Waals surface area contributed by atoms with Crippen LogP contribution in [0, 0.1) is 0 Å². The van der Waals surface area contributed by atoms with E-state index in [1.54, 1.807) is 0 Å². The summed E-state index contributed by atoms with van der Waals surface area (Å²) in [5.41, 5.74) is 9.70. The van der Waals surface area contributed by atoms with Gasteiger partial charge < -0.3 is 0 Å². The average molecular weight is 623 g/mol. The summed E-state index contributed by atoms with van der Waals surface area (Å²) in [5.74, 6) is 0. The third-order valence-electron chi connectivity index (χ3n) is 8.36. The van der Waals surface area contributed by atoms with Crippen LogP contribution in [0.5, 0.6) is 0 Å². The summed E-state index contributed by atoms with van der Waals surface area (Å²) in [7, 11) is 15.2. The van der Waals surface area contributed by atoms with Gasteiger partial charge in [0, 0.05) is 0 Å². The second-order valence-corrected chi connectivity index (χ2v) is 25.3. The average Bonchev–Trinajstić information content (AvgIpc) is 3.76. The molecule has 0 radical (unpaired) electrons. The minimum absolute atomic E-state index is 0.0658. The van der Waals surface area contributed by atoms with E-state index in [2.05, 4.69) is 143 Å². The van der Waals surface area contributed by atoms with Gasteiger partial charge in [0.2, 0.25) is 0 Å². The molecule has 0 saturated carbocycles. The molecule has 2 aliphatic rings. The first kappa shape index (κ1) is 23.8. The molecule has 2 nitrogen and oxygen atoms in total. The molecule has 2 heterocycles. The van der Waals surface area contributed by atoms with Crippen LogP contribution in [-0.2, 0) is 17.9 Å². The Morgan fingerprint density at radius 1 is 0.513 bits per heavy atom. The van der Waals surface area contributed by atoms with E-state index in [1.807, 2.05) is 0 Å². The van der Waals surface area contributed by atoms with Gasteiger partial charge in [0.1, 0.15) is 0 Å². The van der Waals surface area contributed by atoms with Crippen LogP contribution in [0.15, 0.2) is 122 Å². The SMILES string of the molecule is [Cl][Zr]([Cl])([CH]1C=Cc2c1cccc2-n1ccc2ccccc21)[CH]1C=Cc2c1cccc2-n1ccc2ccccc21. The number of rotatable bonds is 4. The molecule has 0 amide bonds. The van der Waals surface area contributed by atoms with Gasteiger partial charge in [-0.1, -0.05) is 0 Å². The van der Waals surface area contributed by atoms with Gasteiger partial charge in [0.05, 0.1) is 0 Å². The first-order chi connectivity index (χ1) is 19.1. The number of hydrogen-bond donors (Lipinski definition) is 0. The second-order valence-electron chi connectivity index (χ2n) is 10.4. The normalized spacial score (nSPS) is 17.8. The van der Waals surface area contributed by atoms with Crippen LogP contribution in [0.2, 0.25) is 0 Å². The van der Waals surface area contributed by atoms with Gasteiger partial charge in [-0.3, -0.25) is 0 Å². The van der Waals surface area contributed by atoms with Crippen LogP contribution >= 0.6 is 17.0 Å². The molecule has 0 bridgehead atoms. The molecule has 0 aliphatic heterocycles. The Morgan fingerprint density at radius 2 is 0.974 bits per heavy atom. The van der Waals surface area contributed by atoms with Gasteiger partial charge in [-0.15, -0.1) is 0 Å². The zero-order valence-corrected chi connectivity index (χ0v) is 25.0. The summed E-state index contributed by atoms with van der Waals surface area (Å²) in [6.07, 6.45) is 13.3. The topological polar surface area (TPSA) is 9.86 Å². The van der Waals surface area contributed by atoms with Crippen molar-refractivity contribution in [3.05, 3.63) is 144 Å². The van der Waals surface area contributed by atoms with Gasteiger partial charge in [0.15, 0.2) is 0 Å². The van der Waals surface area contributed by atoms with Crippen LogP contribution in [0.3, 0.4) is 0 Å². The van der Waals surface area contributed by atoms with Gasteiger partial charge in [-0.25, -0.2) is 0 Å². The molecule has 0 saturated heterocycles. The molecule has 2 unspecified atom stereocenters. The predicted molar refractivity (Wildman–Crippen MR) is 162 cm³/mol. The first-order valence-electron chi connectivity index (χ1n) is 13.2. The molecule has 2 atom stereocenters. The van der Waals surface area contributed by atoms with E-state index in [4.69, 9.17) is 17.0 Å². The molecule has 2 aromatic heterocycles. The molecule has 4 aromatic carbocycles. The summed E-state index contributed by atoms with van der Waals surface area (Å²) in [6, 6.07) is 34.4. The minimum atomic E-state index is -3.86. The maximum absolute atomic E-state index is 7.61. The molecular weight excluding hydrogens is 599 g/mol. The van der Waals surface area contributed by atoms with Gasteiger partial charge >= 0.3 is 240 Å². The summed E-state index contributed by atoms with van der Waals surface area (Å²) < 4.78 is 4.69. The third-order valence-corrected chi connectivity index (χ3v) is 20.5. The van der Waals surface area contributed by atoms with Gasteiger partial charge in [-0.2, -0.15) is 0 Å². The molecule has 0 spiro atoms. The van der Waals surface area contributed by atoms with Crippen molar-refractivity contribution in [2.24, 2.45) is 0 Å². The standard InChI is InChI=1S/2C17H12N.2ClH.Zr/c2*1-2-9-16-14(5-1)11-12-18(16)17-10-4-7-13-6-3-8-15(13)17;;;/h2*1-12H;2*1H;/q;;;;+2/p-2. The van der Waals surface area contributed by atoms with E-state index in [0.717, 1.165) is 0 Å². The molecule has 5 heteroatoms. The van der Waals surface area contributed by atoms with E-state index in [-0.39, 0.29) is 7.25 Å². The van der Waals surface area contributed by atoms with E-state index in [0.29, 0.717) is 0 Å². The molecular formula is C34H24Cl2N2Zr. The molecule has 39 heavy (non-hydrogen) atoms. The Morgan fingerprint density at radius 3 is 1.46 bits per heavy atom. The van der Waals surface area contributed by atoms with E-state index < -0.39 is 17.9 Å². The Kier molecular flexibility index (Phi) is 5.46. The van der Waals surface area contributed by atoms with Crippen LogP contribution in [0.4, 0.5) is 0 Å². The van der Waals surface area contributed by atoms with Crippen molar-refractivity contribution in [1.82, 2.24) is 9.13 Å². The van der Waals surface area contributed by atoms with Crippen LogP contribution in [0.1, 0.15) is 29.5 Å². The number of benzene rings is 4. The Labute approximate surface area is 238 Å². The fourth-order valence-corrected chi connectivity index (χ4v) is 17.0. The number of para-hydroxylation sites is 2. The number of aromatic nitrogens is 2. The van der Waals surface area contributed by atoms with E-state index in [9.17, 15) is 0 Å². The van der Waals surface area contributed by atoms with Crippen LogP contribution in [0.25, 0.3) is 45.3 Å². The summed E-state index contributed by atoms with van der Waals surface area (Å²) >= 11 is -3.86. The van der Waals surface area contributed by atoms with Crippen molar-refractivity contribution in [3.8, 4) is 11.4 Å². The molecule has 6 aromatic rings. The number of nitrogens with zero attached hydrogens (tertiary/aromatic N) is 2. The zero-order chi connectivity index (χ0) is 26.1. The van der Waals surface area contributed by atoms with Crippen molar-refractivity contribution in [1.29, 1.82) is 0 Å². The summed E-state index contributed by atoms with van der Waals surface area (Å²) in [4.78, 5) is 0. The molecule has 8 rings (SSSR count). The van der Waals surface area contributed by atoms with Crippen molar-refractivity contribution >= 4 is 51.0 Å². The Balaban J connectivity index is 1.19. The van der Waals surface area contributed by atoms with Crippen molar-refractivity contribution < 1.29 is 17.9 Å². The monoisotopic (exact) mass is 620 g/mol. The summed E-state index contributed by atoms with van der Waals surface area (Å²) in [5, 5.41) is 2.46. The summed E-state index contributed by atoms with van der Waals surface area (Å²) in [6.45, 7) is 0. The van der Waals surface area contributed by atoms with E-state index >= 15 is 0 Å². The molecule has 2 aliphatic carbocycles. The van der Waals surface area contributed by atoms with Crippen LogP contribution < -0.4 is 0 Å². The zero-order valence-electron chi connectivity index (χ0n) is 21.0. The Bertz CT molecular complexity index is 1830. The van der Waals surface area contributed by atoms with Crippen LogP contribution in [-0.4, -0.2) is 9.13 Å². The molecule has 188 valence electrons. The van der Waals surface area contributed by atoms with Crippen molar-refractivity contribution in [2.75, 3.05) is 0 Å². The molecule has 0 fully saturated rings. The number of hydrogen-bond acceptors (Lipinski definition) is 0. The number of fused-ring (bicyclic) bond motifs is 4. The number of allylic oxidation sites excluding steroid dienone is 2. The predicted octanol–water partition coefficient (Wildman–Crippen LogP) is 9.87. The fraction of sp³-hybridized carbons (Fsp3) is 0.0588. The van der Waals surface area contributed by atoms with Gasteiger partial charge in [-0.05, 0) is 0 Å². The van der Waals surface area contributed by atoms with E-state index in [1.165, 1.54) is 55.4 Å². The quantitative estimate of drug-likeness (QED) is 0.185. The number of halogens is 2. The van der Waals surface area contributed by atoms with Gasteiger partial charge in [0.25, 0.3) is 0 Å². The van der Waals surface area contributed by atoms with Crippen molar-refractivity contribution in [3.63, 3.8) is 0 Å². The maximum atomic E-state index is 7.61. The van der Waals surface area contributed by atoms with Crippen molar-refractivity contribution in [2.45, 2.75) is 7.25 Å². The Hall–Kier alpha value is -3.10. The fourth-order valence-electron chi connectivity index (χ4n) is 6.51.